The minimum Gasteiger partial charge on any atom is -0.508 e. The van der Waals surface area contributed by atoms with Crippen LogP contribution in [0.2, 0.25) is 0 Å². The fraction of sp³-hybridized carbons (Fsp3) is 0.565. The van der Waals surface area contributed by atoms with E-state index in [1.165, 1.54) is 23.9 Å². The van der Waals surface area contributed by atoms with Crippen molar-refractivity contribution in [3.63, 3.8) is 0 Å². The first kappa shape index (κ1) is 31.5. The van der Waals surface area contributed by atoms with Crippen molar-refractivity contribution in [2.75, 3.05) is 24.3 Å². The number of aromatic hydroxyl groups is 1. The molecular formula is C23H37N5O6S2. The van der Waals surface area contributed by atoms with Gasteiger partial charge in [-0.1, -0.05) is 18.6 Å². The average Bonchev–Trinajstić information content (AvgIpc) is 2.85. The second-order valence-corrected chi connectivity index (χ2v) is 9.60. The summed E-state index contributed by atoms with van der Waals surface area (Å²) in [6.07, 6.45) is 3.89. The number of nitrogens with two attached hydrogens (primary N) is 2. The normalized spacial score (nSPS) is 14.2. The van der Waals surface area contributed by atoms with Gasteiger partial charge in [-0.05, 0) is 55.5 Å². The second-order valence-electron chi connectivity index (χ2n) is 8.25. The first-order valence-electron chi connectivity index (χ1n) is 11.6. The highest BCUT2D eigenvalue weighted by atomic mass is 32.2. The third-order valence-electron chi connectivity index (χ3n) is 5.36. The molecule has 36 heavy (non-hydrogen) atoms. The molecule has 0 saturated heterocycles. The Balaban J connectivity index is 2.84. The number of carboxylic acid groups (broad SMARTS) is 1. The van der Waals surface area contributed by atoms with Gasteiger partial charge in [-0.25, -0.2) is 4.79 Å². The van der Waals surface area contributed by atoms with Gasteiger partial charge in [-0.2, -0.15) is 24.4 Å². The number of thioether (sulfide) groups is 1. The fourth-order valence-electron chi connectivity index (χ4n) is 3.23. The van der Waals surface area contributed by atoms with Crippen molar-refractivity contribution in [2.45, 2.75) is 56.3 Å². The maximum Gasteiger partial charge on any atom is 0.326 e. The van der Waals surface area contributed by atoms with Crippen LogP contribution in [0, 0.1) is 0 Å². The molecule has 13 heteroatoms. The zero-order valence-corrected chi connectivity index (χ0v) is 22.0. The maximum atomic E-state index is 13.0. The van der Waals surface area contributed by atoms with Crippen molar-refractivity contribution in [3.05, 3.63) is 29.8 Å². The van der Waals surface area contributed by atoms with E-state index < -0.39 is 47.9 Å². The van der Waals surface area contributed by atoms with E-state index in [1.807, 2.05) is 6.26 Å². The molecule has 4 unspecified atom stereocenters. The van der Waals surface area contributed by atoms with Gasteiger partial charge >= 0.3 is 5.97 Å². The van der Waals surface area contributed by atoms with Crippen LogP contribution in [0.5, 0.6) is 5.75 Å². The molecular weight excluding hydrogens is 506 g/mol. The number of carboxylic acids is 1. The molecule has 0 heterocycles. The monoisotopic (exact) mass is 543 g/mol. The van der Waals surface area contributed by atoms with Gasteiger partial charge in [-0.3, -0.25) is 14.4 Å². The number of benzene rings is 1. The van der Waals surface area contributed by atoms with Gasteiger partial charge in [0.1, 0.15) is 23.9 Å². The largest absolute Gasteiger partial charge is 0.508 e. The first-order chi connectivity index (χ1) is 17.1. The zero-order chi connectivity index (χ0) is 27.1. The Bertz CT molecular complexity index is 858. The summed E-state index contributed by atoms with van der Waals surface area (Å²) in [6, 6.07) is 1.86. The highest BCUT2D eigenvalue weighted by molar-refractivity contribution is 7.98. The highest BCUT2D eigenvalue weighted by Crippen LogP contribution is 2.12. The minimum atomic E-state index is -1.25. The number of carbonyl (C=O) groups excluding carboxylic acids is 3. The molecule has 4 atom stereocenters. The van der Waals surface area contributed by atoms with Crippen LogP contribution in [-0.4, -0.2) is 82.4 Å². The predicted octanol–water partition coefficient (Wildman–Crippen LogP) is -0.387. The Morgan fingerprint density at radius 3 is 2.08 bits per heavy atom. The van der Waals surface area contributed by atoms with Crippen LogP contribution < -0.4 is 27.4 Å². The van der Waals surface area contributed by atoms with Gasteiger partial charge in [0, 0.05) is 12.2 Å². The number of nitrogens with one attached hydrogen (secondary N) is 3. The predicted molar refractivity (Wildman–Crippen MR) is 143 cm³/mol. The molecule has 1 rings (SSSR count). The van der Waals surface area contributed by atoms with Gasteiger partial charge in [0.15, 0.2) is 0 Å². The van der Waals surface area contributed by atoms with Crippen LogP contribution in [0.25, 0.3) is 0 Å². The lowest BCUT2D eigenvalue weighted by Crippen LogP contribution is -2.58. The molecule has 0 spiro atoms. The summed E-state index contributed by atoms with van der Waals surface area (Å²) in [5.41, 5.74) is 11.9. The van der Waals surface area contributed by atoms with E-state index in [-0.39, 0.29) is 24.3 Å². The number of thiol groups is 1. The number of rotatable bonds is 17. The number of hydrogen-bond donors (Lipinski definition) is 8. The van der Waals surface area contributed by atoms with Crippen LogP contribution in [0.3, 0.4) is 0 Å². The summed E-state index contributed by atoms with van der Waals surface area (Å²) in [7, 11) is 0. The Labute approximate surface area is 220 Å². The summed E-state index contributed by atoms with van der Waals surface area (Å²) in [5.74, 6) is -2.50. The van der Waals surface area contributed by atoms with Crippen LogP contribution in [0.15, 0.2) is 24.3 Å². The van der Waals surface area contributed by atoms with Gasteiger partial charge < -0.3 is 37.6 Å². The van der Waals surface area contributed by atoms with E-state index in [9.17, 15) is 29.4 Å². The number of phenolic OH excluding ortho intramolecular Hbond substituents is 1. The lowest BCUT2D eigenvalue weighted by atomic mass is 10.0. The quantitative estimate of drug-likeness (QED) is 0.0953. The summed E-state index contributed by atoms with van der Waals surface area (Å²) in [4.78, 5) is 50.0. The molecule has 3 amide bonds. The number of unbranched alkanes of at least 4 members (excludes halogenated alkanes) is 1. The lowest BCUT2D eigenvalue weighted by Gasteiger charge is -2.24. The molecule has 1 aromatic carbocycles. The van der Waals surface area contributed by atoms with Crippen molar-refractivity contribution in [1.29, 1.82) is 0 Å². The van der Waals surface area contributed by atoms with Gasteiger partial charge in [0.2, 0.25) is 17.7 Å². The summed E-state index contributed by atoms with van der Waals surface area (Å²) >= 11 is 5.60. The molecule has 0 aliphatic carbocycles. The standard InChI is InChI=1S/C23H37N5O6S2/c1-36-11-9-17(21(31)27-18(23(33)34)12-14-5-7-15(29)8-6-14)26-22(32)19(13-35)28-20(30)16(25)4-2-3-10-24/h5-8,16-19,29,35H,2-4,9-13,24-25H2,1H3,(H,26,32)(H,27,31)(H,28,30)(H,33,34). The van der Waals surface area contributed by atoms with Gasteiger partial charge in [0.25, 0.3) is 0 Å². The topological polar surface area (TPSA) is 197 Å². The molecule has 0 saturated carbocycles. The van der Waals surface area contributed by atoms with Gasteiger partial charge in [0.05, 0.1) is 6.04 Å². The van der Waals surface area contributed by atoms with Gasteiger partial charge in [-0.15, -0.1) is 0 Å². The maximum absolute atomic E-state index is 13.0. The molecule has 0 aromatic heterocycles. The van der Waals surface area contributed by atoms with Crippen molar-refractivity contribution >= 4 is 48.1 Å². The number of amides is 3. The van der Waals surface area contributed by atoms with Crippen LogP contribution in [0.1, 0.15) is 31.2 Å². The summed E-state index contributed by atoms with van der Waals surface area (Å²) in [6.45, 7) is 0.493. The molecule has 0 aliphatic heterocycles. The summed E-state index contributed by atoms with van der Waals surface area (Å²) in [5, 5.41) is 26.6. The van der Waals surface area contributed by atoms with Crippen molar-refractivity contribution in [1.82, 2.24) is 16.0 Å². The molecule has 0 bridgehead atoms. The van der Waals surface area contributed by atoms with Crippen LogP contribution >= 0.6 is 24.4 Å². The zero-order valence-electron chi connectivity index (χ0n) is 20.3. The second kappa shape index (κ2) is 17.1. The number of phenols is 1. The smallest absolute Gasteiger partial charge is 0.326 e. The molecule has 0 aliphatic rings. The Kier molecular flexibility index (Phi) is 14.9. The van der Waals surface area contributed by atoms with Crippen molar-refractivity contribution in [3.8, 4) is 5.75 Å². The van der Waals surface area contributed by atoms with E-state index in [0.717, 1.165) is 6.42 Å². The van der Waals surface area contributed by atoms with E-state index in [1.54, 1.807) is 12.1 Å². The average molecular weight is 544 g/mol. The summed E-state index contributed by atoms with van der Waals surface area (Å²) < 4.78 is 0. The molecule has 1 aromatic rings. The fourth-order valence-corrected chi connectivity index (χ4v) is 3.96. The third-order valence-corrected chi connectivity index (χ3v) is 6.37. The number of carbonyl (C=O) groups is 4. The van der Waals surface area contributed by atoms with Crippen LogP contribution in [0.4, 0.5) is 0 Å². The van der Waals surface area contributed by atoms with E-state index in [2.05, 4.69) is 28.6 Å². The molecule has 202 valence electrons. The third kappa shape index (κ3) is 11.5. The van der Waals surface area contributed by atoms with E-state index >= 15 is 0 Å². The van der Waals surface area contributed by atoms with Crippen molar-refractivity contribution < 1.29 is 29.4 Å². The van der Waals surface area contributed by atoms with E-state index in [0.29, 0.717) is 30.7 Å². The molecule has 11 nitrogen and oxygen atoms in total. The first-order valence-corrected chi connectivity index (χ1v) is 13.6. The number of aliphatic carboxylic acids is 1. The Hall–Kier alpha value is -2.48. The molecule has 9 N–H and O–H groups in total. The van der Waals surface area contributed by atoms with Crippen LogP contribution in [-0.2, 0) is 25.6 Å². The number of hydrogen-bond acceptors (Lipinski definition) is 9. The SMILES string of the molecule is CSCCC(NC(=O)C(CS)NC(=O)C(N)CCCCN)C(=O)NC(Cc1ccc(O)cc1)C(=O)O. The Morgan fingerprint density at radius 2 is 1.53 bits per heavy atom. The molecule has 0 radical (unpaired) electrons. The van der Waals surface area contributed by atoms with E-state index in [4.69, 9.17) is 11.5 Å². The Morgan fingerprint density at radius 1 is 0.944 bits per heavy atom. The lowest BCUT2D eigenvalue weighted by molar-refractivity contribution is -0.142. The highest BCUT2D eigenvalue weighted by Gasteiger charge is 2.29. The molecule has 0 fully saturated rings. The minimum absolute atomic E-state index is 0.0120. The van der Waals surface area contributed by atoms with Crippen molar-refractivity contribution in [2.24, 2.45) is 11.5 Å².